The highest BCUT2D eigenvalue weighted by atomic mass is 19.4. The third-order valence-corrected chi connectivity index (χ3v) is 4.13. The summed E-state index contributed by atoms with van der Waals surface area (Å²) in [6, 6.07) is 3.64. The summed E-state index contributed by atoms with van der Waals surface area (Å²) in [4.78, 5) is 10.8. The van der Waals surface area contributed by atoms with E-state index in [-0.39, 0.29) is 24.2 Å². The third-order valence-electron chi connectivity index (χ3n) is 4.13. The van der Waals surface area contributed by atoms with E-state index >= 15 is 0 Å². The number of nitrogen functional groups attached to an aromatic ring is 1. The Balaban J connectivity index is 2.04. The van der Waals surface area contributed by atoms with E-state index in [9.17, 15) is 18.0 Å². The molecule has 2 atom stereocenters. The summed E-state index contributed by atoms with van der Waals surface area (Å²) in [5.74, 6) is -2.42. The lowest BCUT2D eigenvalue weighted by molar-refractivity contribution is -0.189. The number of carboxylic acid groups (broad SMARTS) is 1. The van der Waals surface area contributed by atoms with Crippen molar-refractivity contribution in [1.82, 2.24) is 5.32 Å². The van der Waals surface area contributed by atoms with Crippen LogP contribution in [-0.4, -0.2) is 23.3 Å². The number of aromatic carboxylic acids is 1. The molecule has 7 heteroatoms. The van der Waals surface area contributed by atoms with Gasteiger partial charge < -0.3 is 16.2 Å². The van der Waals surface area contributed by atoms with Gasteiger partial charge in [0.25, 0.3) is 0 Å². The fraction of sp³-hybridized carbons (Fsp3) is 0.533. The molecule has 0 bridgehead atoms. The molecular formula is C15H19F3N2O2. The van der Waals surface area contributed by atoms with Gasteiger partial charge in [0.2, 0.25) is 0 Å². The van der Waals surface area contributed by atoms with Gasteiger partial charge in [-0.25, -0.2) is 4.79 Å². The van der Waals surface area contributed by atoms with Crippen LogP contribution in [0.15, 0.2) is 18.2 Å². The predicted octanol–water partition coefficient (Wildman–Crippen LogP) is 3.18. The van der Waals surface area contributed by atoms with E-state index in [1.54, 1.807) is 0 Å². The molecule has 1 fully saturated rings. The molecule has 1 saturated carbocycles. The second-order valence-electron chi connectivity index (χ2n) is 5.64. The van der Waals surface area contributed by atoms with E-state index in [2.05, 4.69) is 5.32 Å². The summed E-state index contributed by atoms with van der Waals surface area (Å²) < 4.78 is 39.0. The van der Waals surface area contributed by atoms with Crippen LogP contribution in [-0.2, 0) is 6.54 Å². The zero-order chi connectivity index (χ0) is 16.3. The van der Waals surface area contributed by atoms with Gasteiger partial charge in [-0.1, -0.05) is 18.9 Å². The molecule has 1 aliphatic carbocycles. The van der Waals surface area contributed by atoms with Crippen molar-refractivity contribution in [2.24, 2.45) is 5.92 Å². The second-order valence-corrected chi connectivity index (χ2v) is 5.64. The molecule has 0 aromatic heterocycles. The summed E-state index contributed by atoms with van der Waals surface area (Å²) in [5, 5.41) is 11.8. The van der Waals surface area contributed by atoms with E-state index < -0.39 is 24.1 Å². The van der Waals surface area contributed by atoms with Crippen LogP contribution in [0.5, 0.6) is 0 Å². The van der Waals surface area contributed by atoms with Crippen molar-refractivity contribution in [2.75, 3.05) is 5.73 Å². The van der Waals surface area contributed by atoms with Crippen LogP contribution in [0.4, 0.5) is 18.9 Å². The van der Waals surface area contributed by atoms with Gasteiger partial charge in [-0.05, 0) is 30.5 Å². The zero-order valence-electron chi connectivity index (χ0n) is 12.0. The van der Waals surface area contributed by atoms with Gasteiger partial charge in [-0.15, -0.1) is 0 Å². The van der Waals surface area contributed by atoms with Gasteiger partial charge in [0.15, 0.2) is 0 Å². The number of nitrogens with two attached hydrogens (primary N) is 1. The first-order chi connectivity index (χ1) is 10.3. The molecule has 0 aliphatic heterocycles. The summed E-state index contributed by atoms with van der Waals surface area (Å²) >= 11 is 0. The highest BCUT2D eigenvalue weighted by molar-refractivity contribution is 5.88. The topological polar surface area (TPSA) is 75.4 Å². The van der Waals surface area contributed by atoms with Crippen molar-refractivity contribution < 1.29 is 23.1 Å². The van der Waals surface area contributed by atoms with Crippen LogP contribution >= 0.6 is 0 Å². The Hall–Kier alpha value is -1.76. The summed E-state index contributed by atoms with van der Waals surface area (Å²) in [6.45, 7) is 0.197. The molecule has 0 spiro atoms. The van der Waals surface area contributed by atoms with E-state index in [1.807, 2.05) is 0 Å². The van der Waals surface area contributed by atoms with Crippen LogP contribution in [0, 0.1) is 5.92 Å². The number of halogens is 3. The highest BCUT2D eigenvalue weighted by Gasteiger charge is 2.45. The minimum Gasteiger partial charge on any atom is -0.478 e. The first-order valence-corrected chi connectivity index (χ1v) is 7.21. The number of hydrogen-bond donors (Lipinski definition) is 3. The SMILES string of the molecule is Nc1cc(C(=O)O)ccc1CNC1CCCCC1C(F)(F)F. The fourth-order valence-electron chi connectivity index (χ4n) is 2.90. The monoisotopic (exact) mass is 316 g/mol. The van der Waals surface area contributed by atoms with Crippen LogP contribution in [0.25, 0.3) is 0 Å². The van der Waals surface area contributed by atoms with Crippen molar-refractivity contribution in [3.63, 3.8) is 0 Å². The second kappa shape index (κ2) is 6.56. The lowest BCUT2D eigenvalue weighted by Crippen LogP contribution is -2.45. The quantitative estimate of drug-likeness (QED) is 0.746. The largest absolute Gasteiger partial charge is 0.478 e. The normalized spacial score (nSPS) is 22.5. The fourth-order valence-corrected chi connectivity index (χ4v) is 2.90. The number of anilines is 1. The van der Waals surface area contributed by atoms with Crippen molar-refractivity contribution >= 4 is 11.7 Å². The molecule has 4 nitrogen and oxygen atoms in total. The minimum atomic E-state index is -4.20. The zero-order valence-corrected chi connectivity index (χ0v) is 12.0. The van der Waals surface area contributed by atoms with Crippen molar-refractivity contribution in [3.8, 4) is 0 Å². The Bertz CT molecular complexity index is 546. The Labute approximate surface area is 126 Å². The minimum absolute atomic E-state index is 0.0621. The molecule has 0 radical (unpaired) electrons. The maximum atomic E-state index is 13.0. The number of hydrogen-bond acceptors (Lipinski definition) is 3. The molecule has 2 unspecified atom stereocenters. The molecule has 1 aromatic carbocycles. The lowest BCUT2D eigenvalue weighted by Gasteiger charge is -2.33. The van der Waals surface area contributed by atoms with Gasteiger partial charge in [0.1, 0.15) is 0 Å². The van der Waals surface area contributed by atoms with Gasteiger partial charge in [-0.3, -0.25) is 0 Å². The van der Waals surface area contributed by atoms with Crippen molar-refractivity contribution in [1.29, 1.82) is 0 Å². The molecule has 22 heavy (non-hydrogen) atoms. The molecule has 1 aromatic rings. The summed E-state index contributed by atoms with van der Waals surface area (Å²) in [5.41, 5.74) is 6.71. The molecule has 0 amide bonds. The number of benzene rings is 1. The molecule has 1 aliphatic rings. The van der Waals surface area contributed by atoms with Gasteiger partial charge in [0.05, 0.1) is 11.5 Å². The number of rotatable bonds is 4. The number of carbonyl (C=O) groups is 1. The van der Waals surface area contributed by atoms with Crippen molar-refractivity contribution in [3.05, 3.63) is 29.3 Å². The van der Waals surface area contributed by atoms with Crippen LogP contribution < -0.4 is 11.1 Å². The summed E-state index contributed by atoms with van der Waals surface area (Å²) in [6.07, 6.45) is -2.20. The highest BCUT2D eigenvalue weighted by Crippen LogP contribution is 2.37. The smallest absolute Gasteiger partial charge is 0.393 e. The van der Waals surface area contributed by atoms with E-state index in [4.69, 9.17) is 10.8 Å². The molecule has 0 saturated heterocycles. The van der Waals surface area contributed by atoms with Crippen LogP contribution in [0.2, 0.25) is 0 Å². The van der Waals surface area contributed by atoms with Crippen LogP contribution in [0.3, 0.4) is 0 Å². The Morgan fingerprint density at radius 1 is 1.32 bits per heavy atom. The Kier molecular flexibility index (Phi) is 4.95. The standard InChI is InChI=1S/C15H19F3N2O2/c16-15(17,18)11-3-1-2-4-13(11)20-8-10-6-5-9(14(21)22)7-12(10)19/h5-7,11,13,20H,1-4,8,19H2,(H,21,22). The Morgan fingerprint density at radius 2 is 2.00 bits per heavy atom. The van der Waals surface area contributed by atoms with E-state index in [0.29, 0.717) is 18.4 Å². The molecular weight excluding hydrogens is 297 g/mol. The first-order valence-electron chi connectivity index (χ1n) is 7.21. The lowest BCUT2D eigenvalue weighted by atomic mass is 9.84. The summed E-state index contributed by atoms with van der Waals surface area (Å²) in [7, 11) is 0. The molecule has 122 valence electrons. The third kappa shape index (κ3) is 3.91. The van der Waals surface area contributed by atoms with Gasteiger partial charge >= 0.3 is 12.1 Å². The van der Waals surface area contributed by atoms with Gasteiger partial charge in [-0.2, -0.15) is 13.2 Å². The maximum absolute atomic E-state index is 13.0. The average Bonchev–Trinajstić information content (AvgIpc) is 2.45. The number of alkyl halides is 3. The molecule has 0 heterocycles. The molecule has 4 N–H and O–H groups in total. The van der Waals surface area contributed by atoms with Crippen molar-refractivity contribution in [2.45, 2.75) is 44.4 Å². The van der Waals surface area contributed by atoms with E-state index in [0.717, 1.165) is 6.42 Å². The predicted molar refractivity (Wildman–Crippen MR) is 76.5 cm³/mol. The number of nitrogens with one attached hydrogen (secondary N) is 1. The van der Waals surface area contributed by atoms with E-state index in [1.165, 1.54) is 18.2 Å². The van der Waals surface area contributed by atoms with Gasteiger partial charge in [0, 0.05) is 18.3 Å². The average molecular weight is 316 g/mol. The first kappa shape index (κ1) is 16.6. The maximum Gasteiger partial charge on any atom is 0.393 e. The Morgan fingerprint density at radius 3 is 2.59 bits per heavy atom. The number of carboxylic acids is 1. The molecule has 2 rings (SSSR count). The van der Waals surface area contributed by atoms with Crippen LogP contribution in [0.1, 0.15) is 41.6 Å².